The van der Waals surface area contributed by atoms with Gasteiger partial charge in [0.05, 0.1) is 16.7 Å². The first kappa shape index (κ1) is 20.6. The summed E-state index contributed by atoms with van der Waals surface area (Å²) < 4.78 is 3.40. The second-order valence-electron chi connectivity index (χ2n) is 7.49. The Balaban J connectivity index is 1.55. The van der Waals surface area contributed by atoms with Crippen LogP contribution >= 0.6 is 11.8 Å². The number of nitrogens with zero attached hydrogens (tertiary/aromatic N) is 6. The molecule has 1 fully saturated rings. The number of carbonyl (C=O) groups is 1. The molecule has 3 aromatic rings. The fourth-order valence-corrected chi connectivity index (χ4v) is 4.66. The molecule has 4 rings (SSSR count). The molecule has 30 heavy (non-hydrogen) atoms. The van der Waals surface area contributed by atoms with Crippen LogP contribution in [-0.4, -0.2) is 73.9 Å². The molecule has 1 aliphatic rings. The Morgan fingerprint density at radius 2 is 2.03 bits per heavy atom. The van der Waals surface area contributed by atoms with Gasteiger partial charge in [-0.25, -0.2) is 0 Å². The van der Waals surface area contributed by atoms with Crippen molar-refractivity contribution in [3.05, 3.63) is 47.3 Å². The summed E-state index contributed by atoms with van der Waals surface area (Å²) in [5, 5.41) is 9.69. The van der Waals surface area contributed by atoms with Gasteiger partial charge in [-0.05, 0) is 38.1 Å². The SMILES string of the molecule is C=CCn1c(=O)c2ccccc2n2c(SCC(=O)N(C)CCN3CCCC3)nnc12. The van der Waals surface area contributed by atoms with Crippen molar-refractivity contribution in [3.8, 4) is 0 Å². The van der Waals surface area contributed by atoms with E-state index in [4.69, 9.17) is 0 Å². The van der Waals surface area contributed by atoms with Gasteiger partial charge < -0.3 is 9.80 Å². The van der Waals surface area contributed by atoms with E-state index in [0.717, 1.165) is 31.7 Å². The number of amides is 1. The number of fused-ring (bicyclic) bond motifs is 3. The highest BCUT2D eigenvalue weighted by Gasteiger charge is 2.19. The molecule has 0 N–H and O–H groups in total. The molecule has 0 unspecified atom stereocenters. The van der Waals surface area contributed by atoms with E-state index in [0.29, 0.717) is 22.9 Å². The Morgan fingerprint density at radius 1 is 1.27 bits per heavy atom. The molecule has 3 heterocycles. The molecule has 0 aliphatic carbocycles. The Hall–Kier alpha value is -2.65. The zero-order valence-electron chi connectivity index (χ0n) is 17.2. The Kier molecular flexibility index (Phi) is 6.19. The minimum Gasteiger partial charge on any atom is -0.344 e. The van der Waals surface area contributed by atoms with Gasteiger partial charge >= 0.3 is 0 Å². The van der Waals surface area contributed by atoms with Gasteiger partial charge in [0.15, 0.2) is 5.16 Å². The summed E-state index contributed by atoms with van der Waals surface area (Å²) in [5.74, 6) is 0.780. The first-order valence-electron chi connectivity index (χ1n) is 10.2. The maximum Gasteiger partial charge on any atom is 0.263 e. The summed E-state index contributed by atoms with van der Waals surface area (Å²) in [6.45, 7) is 7.97. The molecule has 1 amide bonds. The van der Waals surface area contributed by atoms with Crippen LogP contribution in [0.4, 0.5) is 0 Å². The maximum absolute atomic E-state index is 12.8. The molecule has 1 aliphatic heterocycles. The van der Waals surface area contributed by atoms with Gasteiger partial charge in [0.1, 0.15) is 0 Å². The van der Waals surface area contributed by atoms with Crippen molar-refractivity contribution >= 4 is 34.3 Å². The van der Waals surface area contributed by atoms with Crippen molar-refractivity contribution < 1.29 is 4.79 Å². The van der Waals surface area contributed by atoms with E-state index in [2.05, 4.69) is 21.7 Å². The number of carbonyl (C=O) groups excluding carboxylic acids is 1. The predicted molar refractivity (Wildman–Crippen MR) is 119 cm³/mol. The molecule has 2 aromatic heterocycles. The fourth-order valence-electron chi connectivity index (χ4n) is 3.78. The summed E-state index contributed by atoms with van der Waals surface area (Å²) in [5.41, 5.74) is 0.611. The van der Waals surface area contributed by atoms with Crippen molar-refractivity contribution in [2.24, 2.45) is 0 Å². The van der Waals surface area contributed by atoms with Crippen LogP contribution < -0.4 is 5.56 Å². The van der Waals surface area contributed by atoms with Crippen LogP contribution in [0.5, 0.6) is 0 Å². The summed E-state index contributed by atoms with van der Waals surface area (Å²) in [6.07, 6.45) is 4.16. The van der Waals surface area contributed by atoms with Crippen LogP contribution in [0.3, 0.4) is 0 Å². The predicted octanol–water partition coefficient (Wildman–Crippen LogP) is 1.88. The summed E-state index contributed by atoms with van der Waals surface area (Å²) in [7, 11) is 1.85. The number of thioether (sulfide) groups is 1. The van der Waals surface area contributed by atoms with Crippen molar-refractivity contribution in [1.29, 1.82) is 0 Å². The number of allylic oxidation sites excluding steroid dienone is 1. The van der Waals surface area contributed by atoms with E-state index < -0.39 is 0 Å². The molecule has 9 heteroatoms. The number of benzene rings is 1. The van der Waals surface area contributed by atoms with Gasteiger partial charge in [0.2, 0.25) is 11.7 Å². The van der Waals surface area contributed by atoms with Gasteiger partial charge in [-0.3, -0.25) is 18.6 Å². The maximum atomic E-state index is 12.8. The Labute approximate surface area is 179 Å². The number of likely N-dealkylation sites (tertiary alicyclic amines) is 1. The first-order chi connectivity index (χ1) is 14.6. The van der Waals surface area contributed by atoms with Crippen molar-refractivity contribution in [3.63, 3.8) is 0 Å². The summed E-state index contributed by atoms with van der Waals surface area (Å²) >= 11 is 1.34. The van der Waals surface area contributed by atoms with Crippen LogP contribution in [-0.2, 0) is 11.3 Å². The minimum atomic E-state index is -0.125. The molecule has 1 aromatic carbocycles. The average molecular weight is 427 g/mol. The number of hydrogen-bond acceptors (Lipinski definition) is 6. The molecule has 158 valence electrons. The molecule has 1 saturated heterocycles. The van der Waals surface area contributed by atoms with Crippen LogP contribution in [0.1, 0.15) is 12.8 Å². The minimum absolute atomic E-state index is 0.0552. The lowest BCUT2D eigenvalue weighted by molar-refractivity contribution is -0.127. The van der Waals surface area contributed by atoms with E-state index in [1.807, 2.05) is 29.6 Å². The molecule has 8 nitrogen and oxygen atoms in total. The normalized spacial score (nSPS) is 14.6. The van der Waals surface area contributed by atoms with Crippen LogP contribution in [0.2, 0.25) is 0 Å². The second kappa shape index (κ2) is 9.01. The Morgan fingerprint density at radius 3 is 2.80 bits per heavy atom. The van der Waals surface area contributed by atoms with Crippen LogP contribution in [0.25, 0.3) is 16.7 Å². The highest BCUT2D eigenvalue weighted by Crippen LogP contribution is 2.22. The zero-order chi connectivity index (χ0) is 21.1. The van der Waals surface area contributed by atoms with E-state index in [9.17, 15) is 9.59 Å². The second-order valence-corrected chi connectivity index (χ2v) is 8.43. The molecular weight excluding hydrogens is 400 g/mol. The lowest BCUT2D eigenvalue weighted by Gasteiger charge is -2.21. The zero-order valence-corrected chi connectivity index (χ0v) is 18.0. The average Bonchev–Trinajstić information content (AvgIpc) is 3.43. The lowest BCUT2D eigenvalue weighted by atomic mass is 10.2. The summed E-state index contributed by atoms with van der Waals surface area (Å²) in [4.78, 5) is 29.6. The number of aromatic nitrogens is 4. The summed E-state index contributed by atoms with van der Waals surface area (Å²) in [6, 6.07) is 7.39. The van der Waals surface area contributed by atoms with Gasteiger partial charge in [-0.1, -0.05) is 30.0 Å². The largest absolute Gasteiger partial charge is 0.344 e. The smallest absolute Gasteiger partial charge is 0.263 e. The van der Waals surface area contributed by atoms with Crippen LogP contribution in [0, 0.1) is 0 Å². The van der Waals surface area contributed by atoms with Crippen LogP contribution in [0.15, 0.2) is 46.9 Å². The number of rotatable bonds is 8. The monoisotopic (exact) mass is 426 g/mol. The highest BCUT2D eigenvalue weighted by atomic mass is 32.2. The standard InChI is InChI=1S/C21H26N6O2S/c1-3-10-26-19(29)16-8-4-5-9-17(16)27-20(26)22-23-21(27)30-15-18(28)24(2)13-14-25-11-6-7-12-25/h3-5,8-9H,1,6-7,10-15H2,2H3. The van der Waals surface area contributed by atoms with E-state index in [-0.39, 0.29) is 17.2 Å². The molecule has 0 spiro atoms. The third-order valence-corrected chi connectivity index (χ3v) is 6.40. The van der Waals surface area contributed by atoms with Crippen molar-refractivity contribution in [2.45, 2.75) is 24.5 Å². The van der Waals surface area contributed by atoms with E-state index in [1.54, 1.807) is 21.6 Å². The molecule has 0 atom stereocenters. The Bertz CT molecular complexity index is 1130. The molecule has 0 radical (unpaired) electrons. The third kappa shape index (κ3) is 3.99. The molecule has 0 saturated carbocycles. The third-order valence-electron chi connectivity index (χ3n) is 5.49. The first-order valence-corrected chi connectivity index (χ1v) is 11.2. The van der Waals surface area contributed by atoms with Gasteiger partial charge in [0.25, 0.3) is 5.56 Å². The number of likely N-dealkylation sites (N-methyl/N-ethyl adjacent to an activating group) is 1. The molecular formula is C21H26N6O2S. The van der Waals surface area contributed by atoms with E-state index >= 15 is 0 Å². The number of hydrogen-bond donors (Lipinski definition) is 0. The van der Waals surface area contributed by atoms with Gasteiger partial charge in [-0.2, -0.15) is 0 Å². The van der Waals surface area contributed by atoms with Gasteiger partial charge in [0, 0.05) is 26.7 Å². The molecule has 0 bridgehead atoms. The number of para-hydroxylation sites is 1. The van der Waals surface area contributed by atoms with Crippen molar-refractivity contribution in [1.82, 2.24) is 29.0 Å². The lowest BCUT2D eigenvalue weighted by Crippen LogP contribution is -2.36. The van der Waals surface area contributed by atoms with Crippen molar-refractivity contribution in [2.75, 3.05) is 39.0 Å². The highest BCUT2D eigenvalue weighted by molar-refractivity contribution is 7.99. The van der Waals surface area contributed by atoms with Gasteiger partial charge in [-0.15, -0.1) is 16.8 Å². The topological polar surface area (TPSA) is 75.7 Å². The quantitative estimate of drug-likeness (QED) is 0.404. The van der Waals surface area contributed by atoms with E-state index in [1.165, 1.54) is 24.6 Å². The fraction of sp³-hybridized carbons (Fsp3) is 0.429.